The fourth-order valence-corrected chi connectivity index (χ4v) is 3.51. The first-order valence-corrected chi connectivity index (χ1v) is 10.3. The van der Waals surface area contributed by atoms with Crippen molar-refractivity contribution in [2.24, 2.45) is 4.99 Å². The Morgan fingerprint density at radius 3 is 2.79 bits per heavy atom. The molecule has 1 saturated heterocycles. The number of likely N-dealkylation sites (tertiary alicyclic amines) is 1. The Bertz CT molecular complexity index is 761. The van der Waals surface area contributed by atoms with E-state index in [2.05, 4.69) is 56.2 Å². The summed E-state index contributed by atoms with van der Waals surface area (Å²) in [7, 11) is 0. The molecule has 1 aliphatic heterocycles. The number of nitrogens with one attached hydrogen (secondary N) is 3. The van der Waals surface area contributed by atoms with Gasteiger partial charge in [-0.1, -0.05) is 30.3 Å². The standard InChI is InChI=1S/C22H31N5O2/c1-2-23-22(26-16-21(28)24-15-20-11-7-13-29-20)25-14-19-10-6-12-27(19)17-18-8-4-3-5-9-18/h3-5,7-9,11,13,19H,2,6,10,12,14-17H2,1H3,(H,24,28)(H2,23,25,26). The normalized spacial score (nSPS) is 17.3. The van der Waals surface area contributed by atoms with Crippen molar-refractivity contribution in [3.8, 4) is 0 Å². The van der Waals surface area contributed by atoms with Crippen molar-refractivity contribution < 1.29 is 9.21 Å². The van der Waals surface area contributed by atoms with Crippen LogP contribution in [-0.4, -0.2) is 49.0 Å². The number of carbonyl (C=O) groups excluding carboxylic acids is 1. The van der Waals surface area contributed by atoms with Crippen LogP contribution < -0.4 is 16.0 Å². The number of nitrogens with zero attached hydrogens (tertiary/aromatic N) is 2. The van der Waals surface area contributed by atoms with Crippen LogP contribution in [0.5, 0.6) is 0 Å². The van der Waals surface area contributed by atoms with E-state index in [0.717, 1.165) is 31.9 Å². The molecule has 0 aliphatic carbocycles. The van der Waals surface area contributed by atoms with E-state index in [9.17, 15) is 4.79 Å². The second-order valence-electron chi connectivity index (χ2n) is 7.18. The van der Waals surface area contributed by atoms with Gasteiger partial charge < -0.3 is 20.4 Å². The van der Waals surface area contributed by atoms with Crippen LogP contribution in [0.3, 0.4) is 0 Å². The molecule has 1 amide bonds. The number of benzene rings is 1. The van der Waals surface area contributed by atoms with Crippen LogP contribution in [0.2, 0.25) is 0 Å². The van der Waals surface area contributed by atoms with Gasteiger partial charge in [-0.3, -0.25) is 9.69 Å². The molecule has 0 bridgehead atoms. The molecule has 1 aromatic carbocycles. The maximum Gasteiger partial charge on any atom is 0.242 e. The number of amides is 1. The third-order valence-corrected chi connectivity index (χ3v) is 5.00. The zero-order valence-corrected chi connectivity index (χ0v) is 17.1. The predicted octanol–water partition coefficient (Wildman–Crippen LogP) is 2.12. The Morgan fingerprint density at radius 2 is 2.03 bits per heavy atom. The lowest BCUT2D eigenvalue weighted by Gasteiger charge is -2.25. The Balaban J connectivity index is 1.46. The molecule has 29 heavy (non-hydrogen) atoms. The van der Waals surface area contributed by atoms with E-state index >= 15 is 0 Å². The highest BCUT2D eigenvalue weighted by Gasteiger charge is 2.24. The minimum Gasteiger partial charge on any atom is -0.467 e. The van der Waals surface area contributed by atoms with E-state index in [0.29, 0.717) is 18.5 Å². The molecule has 1 unspecified atom stereocenters. The van der Waals surface area contributed by atoms with Crippen molar-refractivity contribution in [3.05, 3.63) is 60.1 Å². The maximum absolute atomic E-state index is 12.0. The fraction of sp³-hybridized carbons (Fsp3) is 0.455. The smallest absolute Gasteiger partial charge is 0.242 e. The van der Waals surface area contributed by atoms with Gasteiger partial charge in [0.25, 0.3) is 0 Å². The van der Waals surface area contributed by atoms with Crippen LogP contribution in [0.15, 0.2) is 58.1 Å². The van der Waals surface area contributed by atoms with Gasteiger partial charge in [0, 0.05) is 25.7 Å². The van der Waals surface area contributed by atoms with Gasteiger partial charge in [0.1, 0.15) is 12.3 Å². The van der Waals surface area contributed by atoms with Gasteiger partial charge in [-0.15, -0.1) is 0 Å². The molecule has 1 aromatic heterocycles. The molecule has 2 heterocycles. The minimum absolute atomic E-state index is 0.0778. The first-order valence-electron chi connectivity index (χ1n) is 10.3. The Hall–Kier alpha value is -2.80. The third-order valence-electron chi connectivity index (χ3n) is 5.00. The number of carbonyl (C=O) groups is 1. The fourth-order valence-electron chi connectivity index (χ4n) is 3.51. The number of guanidine groups is 1. The first kappa shape index (κ1) is 20.9. The van der Waals surface area contributed by atoms with Crippen LogP contribution in [-0.2, 0) is 17.9 Å². The molecular weight excluding hydrogens is 366 g/mol. The summed E-state index contributed by atoms with van der Waals surface area (Å²) in [5.41, 5.74) is 1.34. The molecule has 7 heteroatoms. The van der Waals surface area contributed by atoms with Gasteiger partial charge in [0.2, 0.25) is 5.91 Å². The summed E-state index contributed by atoms with van der Waals surface area (Å²) in [5, 5.41) is 9.43. The maximum atomic E-state index is 12.0. The monoisotopic (exact) mass is 397 g/mol. The average Bonchev–Trinajstić information content (AvgIpc) is 3.41. The first-order chi connectivity index (χ1) is 14.2. The SMILES string of the molecule is CCNC(=NCC(=O)NCc1ccco1)NCC1CCCN1Cc1ccccc1. The number of aliphatic imine (C=N–C) groups is 1. The van der Waals surface area contributed by atoms with Crippen LogP contribution >= 0.6 is 0 Å². The van der Waals surface area contributed by atoms with Crippen molar-refractivity contribution in [1.82, 2.24) is 20.9 Å². The van der Waals surface area contributed by atoms with Crippen LogP contribution in [0, 0.1) is 0 Å². The van der Waals surface area contributed by atoms with Crippen LogP contribution in [0.25, 0.3) is 0 Å². The summed E-state index contributed by atoms with van der Waals surface area (Å²) in [5.74, 6) is 1.27. The van der Waals surface area contributed by atoms with Crippen molar-refractivity contribution in [3.63, 3.8) is 0 Å². The number of hydrogen-bond donors (Lipinski definition) is 3. The Kier molecular flexibility index (Phi) is 8.12. The molecule has 1 atom stereocenters. The molecule has 0 spiro atoms. The molecule has 0 saturated carbocycles. The summed E-state index contributed by atoms with van der Waals surface area (Å²) in [6, 6.07) is 14.7. The second-order valence-corrected chi connectivity index (χ2v) is 7.18. The summed E-state index contributed by atoms with van der Waals surface area (Å²) in [6.45, 7) is 6.12. The van der Waals surface area contributed by atoms with Gasteiger partial charge >= 0.3 is 0 Å². The molecule has 0 radical (unpaired) electrons. The molecule has 156 valence electrons. The Labute approximate surface area is 172 Å². The van der Waals surface area contributed by atoms with Crippen molar-refractivity contribution in [2.45, 2.75) is 38.9 Å². The van der Waals surface area contributed by atoms with Crippen LogP contribution in [0.1, 0.15) is 31.1 Å². The zero-order valence-electron chi connectivity index (χ0n) is 17.1. The Morgan fingerprint density at radius 1 is 1.17 bits per heavy atom. The average molecular weight is 398 g/mol. The van der Waals surface area contributed by atoms with E-state index in [-0.39, 0.29) is 12.5 Å². The molecule has 3 N–H and O–H groups in total. The summed E-state index contributed by atoms with van der Waals surface area (Å²) >= 11 is 0. The van der Waals surface area contributed by atoms with E-state index in [1.165, 1.54) is 18.4 Å². The van der Waals surface area contributed by atoms with E-state index < -0.39 is 0 Å². The molecule has 1 aliphatic rings. The van der Waals surface area contributed by atoms with E-state index in [1.54, 1.807) is 12.3 Å². The lowest BCUT2D eigenvalue weighted by Crippen LogP contribution is -2.45. The van der Waals surface area contributed by atoms with Crippen molar-refractivity contribution >= 4 is 11.9 Å². The van der Waals surface area contributed by atoms with Gasteiger partial charge in [0.05, 0.1) is 12.8 Å². The summed E-state index contributed by atoms with van der Waals surface area (Å²) < 4.78 is 5.22. The number of furan rings is 1. The van der Waals surface area contributed by atoms with Crippen molar-refractivity contribution in [1.29, 1.82) is 0 Å². The van der Waals surface area contributed by atoms with Crippen molar-refractivity contribution in [2.75, 3.05) is 26.2 Å². The highest BCUT2D eigenvalue weighted by Crippen LogP contribution is 2.19. The topological polar surface area (TPSA) is 81.9 Å². The second kappa shape index (κ2) is 11.3. The lowest BCUT2D eigenvalue weighted by atomic mass is 10.2. The molecule has 1 fully saturated rings. The van der Waals surface area contributed by atoms with Gasteiger partial charge in [0.15, 0.2) is 5.96 Å². The van der Waals surface area contributed by atoms with Gasteiger partial charge in [-0.05, 0) is 44.0 Å². The van der Waals surface area contributed by atoms with Gasteiger partial charge in [-0.25, -0.2) is 4.99 Å². The third kappa shape index (κ3) is 6.94. The van der Waals surface area contributed by atoms with E-state index in [4.69, 9.17) is 4.42 Å². The summed E-state index contributed by atoms with van der Waals surface area (Å²) in [6.07, 6.45) is 3.97. The number of rotatable bonds is 9. The van der Waals surface area contributed by atoms with Crippen LogP contribution in [0.4, 0.5) is 0 Å². The highest BCUT2D eigenvalue weighted by molar-refractivity contribution is 5.84. The zero-order chi connectivity index (χ0) is 20.3. The van der Waals surface area contributed by atoms with Gasteiger partial charge in [-0.2, -0.15) is 0 Å². The minimum atomic E-state index is -0.134. The predicted molar refractivity (Wildman–Crippen MR) is 114 cm³/mol. The molecular formula is C22H31N5O2. The molecule has 2 aromatic rings. The molecule has 3 rings (SSSR count). The molecule has 7 nitrogen and oxygen atoms in total. The largest absolute Gasteiger partial charge is 0.467 e. The number of hydrogen-bond acceptors (Lipinski definition) is 4. The quantitative estimate of drug-likeness (QED) is 0.446. The van der Waals surface area contributed by atoms with E-state index in [1.807, 2.05) is 13.0 Å². The highest BCUT2D eigenvalue weighted by atomic mass is 16.3. The summed E-state index contributed by atoms with van der Waals surface area (Å²) in [4.78, 5) is 19.0. The lowest BCUT2D eigenvalue weighted by molar-refractivity contribution is -0.119.